The van der Waals surface area contributed by atoms with Crippen molar-refractivity contribution in [1.82, 2.24) is 15.3 Å². The van der Waals surface area contributed by atoms with Gasteiger partial charge >= 0.3 is 0 Å². The molecule has 1 aliphatic carbocycles. The summed E-state index contributed by atoms with van der Waals surface area (Å²) in [4.78, 5) is 20.0. The molecule has 0 radical (unpaired) electrons. The van der Waals surface area contributed by atoms with Crippen molar-refractivity contribution >= 4 is 11.7 Å². The number of carbonyl (C=O) groups is 1. The molecule has 2 N–H and O–H groups in total. The van der Waals surface area contributed by atoms with E-state index in [4.69, 9.17) is 0 Å². The Morgan fingerprint density at radius 1 is 1.32 bits per heavy atom. The van der Waals surface area contributed by atoms with E-state index in [9.17, 15) is 4.79 Å². The van der Waals surface area contributed by atoms with Crippen LogP contribution in [-0.2, 0) is 4.79 Å². The highest BCUT2D eigenvalue weighted by Crippen LogP contribution is 2.27. The molecule has 1 amide bonds. The summed E-state index contributed by atoms with van der Waals surface area (Å²) in [7, 11) is 0. The van der Waals surface area contributed by atoms with Crippen LogP contribution in [0.4, 0.5) is 5.82 Å². The first-order valence-corrected chi connectivity index (χ1v) is 7.03. The molecule has 1 saturated carbocycles. The Morgan fingerprint density at radius 2 is 2.11 bits per heavy atom. The van der Waals surface area contributed by atoms with Gasteiger partial charge in [0, 0.05) is 25.7 Å². The molecule has 104 valence electrons. The first-order valence-electron chi connectivity index (χ1n) is 7.03. The molecule has 0 unspecified atom stereocenters. The Balaban J connectivity index is 1.59. The Bertz CT molecular complexity index is 416. The van der Waals surface area contributed by atoms with Crippen LogP contribution >= 0.6 is 0 Å². The van der Waals surface area contributed by atoms with E-state index in [1.807, 2.05) is 6.92 Å². The minimum atomic E-state index is 0.170. The lowest BCUT2D eigenvalue weighted by Gasteiger charge is -2.10. The maximum absolute atomic E-state index is 11.7. The highest BCUT2D eigenvalue weighted by atomic mass is 16.1. The third-order valence-corrected chi connectivity index (χ3v) is 3.46. The Labute approximate surface area is 114 Å². The highest BCUT2D eigenvalue weighted by Gasteiger charge is 2.17. The van der Waals surface area contributed by atoms with Crippen LogP contribution in [0.15, 0.2) is 12.4 Å². The molecule has 1 heterocycles. The fourth-order valence-corrected chi connectivity index (χ4v) is 2.49. The number of hydrogen-bond acceptors (Lipinski definition) is 4. The fourth-order valence-electron chi connectivity index (χ4n) is 2.49. The van der Waals surface area contributed by atoms with Gasteiger partial charge in [-0.25, -0.2) is 4.98 Å². The van der Waals surface area contributed by atoms with Crippen LogP contribution in [0.2, 0.25) is 0 Å². The van der Waals surface area contributed by atoms with Gasteiger partial charge in [0.25, 0.3) is 0 Å². The second-order valence-corrected chi connectivity index (χ2v) is 5.18. The number of rotatable bonds is 6. The average molecular weight is 262 g/mol. The van der Waals surface area contributed by atoms with Gasteiger partial charge in [-0.3, -0.25) is 9.78 Å². The number of anilines is 1. The van der Waals surface area contributed by atoms with Gasteiger partial charge < -0.3 is 10.6 Å². The van der Waals surface area contributed by atoms with Crippen molar-refractivity contribution in [2.24, 2.45) is 5.92 Å². The van der Waals surface area contributed by atoms with E-state index >= 15 is 0 Å². The summed E-state index contributed by atoms with van der Waals surface area (Å²) in [6, 6.07) is 0. The summed E-state index contributed by atoms with van der Waals surface area (Å²) in [6.07, 6.45) is 9.08. The Hall–Kier alpha value is -1.65. The zero-order valence-electron chi connectivity index (χ0n) is 11.5. The van der Waals surface area contributed by atoms with Gasteiger partial charge in [-0.2, -0.15) is 0 Å². The molecule has 5 heteroatoms. The molecular formula is C14H22N4O. The maximum atomic E-state index is 11.7. The number of nitrogens with one attached hydrogen (secondary N) is 2. The molecule has 0 aromatic carbocycles. The number of hydrogen-bond donors (Lipinski definition) is 2. The van der Waals surface area contributed by atoms with Crippen molar-refractivity contribution in [3.63, 3.8) is 0 Å². The summed E-state index contributed by atoms with van der Waals surface area (Å²) >= 11 is 0. The molecule has 0 spiro atoms. The van der Waals surface area contributed by atoms with Crippen LogP contribution in [0.1, 0.15) is 37.8 Å². The van der Waals surface area contributed by atoms with Gasteiger partial charge in [-0.05, 0) is 25.7 Å². The van der Waals surface area contributed by atoms with Crippen molar-refractivity contribution in [2.75, 3.05) is 18.4 Å². The number of aromatic nitrogens is 2. The van der Waals surface area contributed by atoms with E-state index in [0.717, 1.165) is 11.5 Å². The van der Waals surface area contributed by atoms with E-state index in [1.54, 1.807) is 12.4 Å². The lowest BCUT2D eigenvalue weighted by molar-refractivity contribution is -0.121. The molecule has 19 heavy (non-hydrogen) atoms. The van der Waals surface area contributed by atoms with Crippen molar-refractivity contribution in [2.45, 2.75) is 39.0 Å². The average Bonchev–Trinajstić information content (AvgIpc) is 2.87. The molecule has 0 atom stereocenters. The van der Waals surface area contributed by atoms with Crippen LogP contribution in [0.3, 0.4) is 0 Å². The van der Waals surface area contributed by atoms with Gasteiger partial charge in [0.15, 0.2) is 0 Å². The molecule has 0 aliphatic heterocycles. The zero-order valence-corrected chi connectivity index (χ0v) is 11.5. The summed E-state index contributed by atoms with van der Waals surface area (Å²) in [5, 5.41) is 6.09. The molecule has 1 fully saturated rings. The lowest BCUT2D eigenvalue weighted by Crippen LogP contribution is -2.30. The zero-order chi connectivity index (χ0) is 13.5. The third-order valence-electron chi connectivity index (χ3n) is 3.46. The van der Waals surface area contributed by atoms with E-state index in [0.29, 0.717) is 25.4 Å². The van der Waals surface area contributed by atoms with E-state index in [1.165, 1.54) is 25.7 Å². The molecule has 1 aliphatic rings. The number of nitrogens with zero attached hydrogens (tertiary/aromatic N) is 2. The standard InChI is InChI=1S/C14H22N4O/c1-11-9-15-10-13(18-11)16-6-7-17-14(19)8-12-4-2-3-5-12/h9-10,12H,2-8H2,1H3,(H,16,18)(H,17,19). The molecule has 0 bridgehead atoms. The summed E-state index contributed by atoms with van der Waals surface area (Å²) < 4.78 is 0. The molecular weight excluding hydrogens is 240 g/mol. The quantitative estimate of drug-likeness (QED) is 0.768. The highest BCUT2D eigenvalue weighted by molar-refractivity contribution is 5.76. The van der Waals surface area contributed by atoms with Gasteiger partial charge in [0.2, 0.25) is 5.91 Å². The predicted octanol–water partition coefficient (Wildman–Crippen LogP) is 1.89. The lowest BCUT2D eigenvalue weighted by atomic mass is 10.0. The minimum Gasteiger partial charge on any atom is -0.367 e. The van der Waals surface area contributed by atoms with Gasteiger partial charge in [0.05, 0.1) is 11.9 Å². The van der Waals surface area contributed by atoms with Crippen LogP contribution in [0.25, 0.3) is 0 Å². The monoisotopic (exact) mass is 262 g/mol. The van der Waals surface area contributed by atoms with Crippen LogP contribution < -0.4 is 10.6 Å². The molecule has 0 saturated heterocycles. The SMILES string of the molecule is Cc1cncc(NCCNC(=O)CC2CCCC2)n1. The second-order valence-electron chi connectivity index (χ2n) is 5.18. The summed E-state index contributed by atoms with van der Waals surface area (Å²) in [5.41, 5.74) is 0.885. The molecule has 1 aromatic heterocycles. The van der Waals surface area contributed by atoms with E-state index in [-0.39, 0.29) is 5.91 Å². The summed E-state index contributed by atoms with van der Waals surface area (Å²) in [6.45, 7) is 3.21. The molecule has 5 nitrogen and oxygen atoms in total. The predicted molar refractivity (Wildman–Crippen MR) is 74.8 cm³/mol. The second kappa shape index (κ2) is 7.07. The van der Waals surface area contributed by atoms with Crippen molar-refractivity contribution < 1.29 is 4.79 Å². The number of aryl methyl sites for hydroxylation is 1. The minimum absolute atomic E-state index is 0.170. The smallest absolute Gasteiger partial charge is 0.220 e. The number of amides is 1. The topological polar surface area (TPSA) is 66.9 Å². The molecule has 2 rings (SSSR count). The Kier molecular flexibility index (Phi) is 5.12. The van der Waals surface area contributed by atoms with Crippen molar-refractivity contribution in [3.05, 3.63) is 18.1 Å². The van der Waals surface area contributed by atoms with Crippen molar-refractivity contribution in [1.29, 1.82) is 0 Å². The number of carbonyl (C=O) groups excluding carboxylic acids is 1. The largest absolute Gasteiger partial charge is 0.367 e. The first-order chi connectivity index (χ1) is 9.24. The first kappa shape index (κ1) is 13.8. The van der Waals surface area contributed by atoms with Gasteiger partial charge in [0.1, 0.15) is 5.82 Å². The third kappa shape index (κ3) is 4.85. The van der Waals surface area contributed by atoms with E-state index in [2.05, 4.69) is 20.6 Å². The van der Waals surface area contributed by atoms with Crippen molar-refractivity contribution in [3.8, 4) is 0 Å². The van der Waals surface area contributed by atoms with Crippen LogP contribution in [-0.4, -0.2) is 29.0 Å². The summed E-state index contributed by atoms with van der Waals surface area (Å²) in [5.74, 6) is 1.53. The maximum Gasteiger partial charge on any atom is 0.220 e. The van der Waals surface area contributed by atoms with E-state index < -0.39 is 0 Å². The van der Waals surface area contributed by atoms with Gasteiger partial charge in [-0.15, -0.1) is 0 Å². The van der Waals surface area contributed by atoms with Crippen LogP contribution in [0.5, 0.6) is 0 Å². The van der Waals surface area contributed by atoms with Crippen LogP contribution in [0, 0.1) is 12.8 Å². The van der Waals surface area contributed by atoms with Gasteiger partial charge in [-0.1, -0.05) is 12.8 Å². The Morgan fingerprint density at radius 3 is 2.84 bits per heavy atom. The fraction of sp³-hybridized carbons (Fsp3) is 0.643. The molecule has 1 aromatic rings. The normalized spacial score (nSPS) is 15.4.